The third-order valence-electron chi connectivity index (χ3n) is 3.89. The molecule has 4 N–H and O–H groups in total. The standard InChI is InChI=1S/C11H24N2/c1-3-13(4-2)11(10-12)8-6-5-7-9-11/h3-10,12H2,1-2H3/p+2. The van der Waals surface area contributed by atoms with Crippen LogP contribution in [-0.4, -0.2) is 25.2 Å². The van der Waals surface area contributed by atoms with E-state index in [2.05, 4.69) is 19.6 Å². The first kappa shape index (κ1) is 11.0. The Morgan fingerprint density at radius 2 is 1.62 bits per heavy atom. The highest BCUT2D eigenvalue weighted by molar-refractivity contribution is 4.81. The van der Waals surface area contributed by atoms with E-state index in [4.69, 9.17) is 0 Å². The molecule has 0 aromatic rings. The maximum atomic E-state index is 4.18. The van der Waals surface area contributed by atoms with Gasteiger partial charge in [-0.2, -0.15) is 0 Å². The largest absolute Gasteiger partial charge is 0.352 e. The molecule has 78 valence electrons. The second-order valence-corrected chi connectivity index (χ2v) is 4.40. The summed E-state index contributed by atoms with van der Waals surface area (Å²) in [6, 6.07) is 0. The molecule has 0 spiro atoms. The fraction of sp³-hybridized carbons (Fsp3) is 1.00. The van der Waals surface area contributed by atoms with Gasteiger partial charge in [-0.3, -0.25) is 0 Å². The van der Waals surface area contributed by atoms with Crippen molar-refractivity contribution >= 4 is 0 Å². The van der Waals surface area contributed by atoms with Gasteiger partial charge in [-0.1, -0.05) is 6.42 Å². The smallest absolute Gasteiger partial charge is 0.147 e. The minimum Gasteiger partial charge on any atom is -0.352 e. The third-order valence-corrected chi connectivity index (χ3v) is 3.89. The van der Waals surface area contributed by atoms with Gasteiger partial charge in [0.05, 0.1) is 13.1 Å². The molecule has 2 heteroatoms. The van der Waals surface area contributed by atoms with Crippen molar-refractivity contribution in [2.45, 2.75) is 51.5 Å². The summed E-state index contributed by atoms with van der Waals surface area (Å²) in [4.78, 5) is 1.78. The van der Waals surface area contributed by atoms with Gasteiger partial charge in [-0.05, 0) is 26.7 Å². The molecular formula is C11H26N2+2. The van der Waals surface area contributed by atoms with Crippen LogP contribution in [-0.2, 0) is 0 Å². The van der Waals surface area contributed by atoms with Gasteiger partial charge >= 0.3 is 0 Å². The summed E-state index contributed by atoms with van der Waals surface area (Å²) in [6.07, 6.45) is 7.13. The SMILES string of the molecule is CC[NH+](CC)C1(C[NH3+])CCCCC1. The lowest BCUT2D eigenvalue weighted by Gasteiger charge is -2.40. The number of hydrogen-bond donors (Lipinski definition) is 2. The summed E-state index contributed by atoms with van der Waals surface area (Å²) >= 11 is 0. The first-order valence-corrected chi connectivity index (χ1v) is 5.93. The molecule has 13 heavy (non-hydrogen) atoms. The Hall–Kier alpha value is -0.0800. The first-order valence-electron chi connectivity index (χ1n) is 5.93. The van der Waals surface area contributed by atoms with E-state index >= 15 is 0 Å². The van der Waals surface area contributed by atoms with Gasteiger partial charge in [0.25, 0.3) is 0 Å². The van der Waals surface area contributed by atoms with E-state index in [9.17, 15) is 0 Å². The summed E-state index contributed by atoms with van der Waals surface area (Å²) in [5.41, 5.74) is 4.72. The Balaban J connectivity index is 2.64. The third kappa shape index (κ3) is 2.23. The van der Waals surface area contributed by atoms with Crippen LogP contribution in [0.4, 0.5) is 0 Å². The van der Waals surface area contributed by atoms with E-state index in [0.29, 0.717) is 5.54 Å². The molecule has 0 aromatic carbocycles. The number of hydrogen-bond acceptors (Lipinski definition) is 0. The summed E-state index contributed by atoms with van der Waals surface area (Å²) in [7, 11) is 0. The molecular weight excluding hydrogens is 160 g/mol. The second kappa shape index (κ2) is 4.97. The van der Waals surface area contributed by atoms with E-state index < -0.39 is 0 Å². The summed E-state index contributed by atoms with van der Waals surface area (Å²) in [5.74, 6) is 0. The van der Waals surface area contributed by atoms with Gasteiger partial charge in [0.15, 0.2) is 0 Å². The first-order chi connectivity index (χ1) is 6.29. The summed E-state index contributed by atoms with van der Waals surface area (Å²) < 4.78 is 0. The monoisotopic (exact) mass is 186 g/mol. The van der Waals surface area contributed by atoms with Crippen molar-refractivity contribution in [1.82, 2.24) is 0 Å². The van der Waals surface area contributed by atoms with Gasteiger partial charge in [0, 0.05) is 12.8 Å². The molecule has 0 atom stereocenters. The van der Waals surface area contributed by atoms with Crippen LogP contribution in [0.2, 0.25) is 0 Å². The predicted molar refractivity (Wildman–Crippen MR) is 55.6 cm³/mol. The zero-order chi connectivity index (χ0) is 9.73. The molecule has 1 fully saturated rings. The molecule has 0 amide bonds. The molecule has 0 heterocycles. The highest BCUT2D eigenvalue weighted by Gasteiger charge is 2.40. The zero-order valence-corrected chi connectivity index (χ0v) is 9.36. The van der Waals surface area contributed by atoms with Crippen LogP contribution in [0.25, 0.3) is 0 Å². The zero-order valence-electron chi connectivity index (χ0n) is 9.36. The van der Waals surface area contributed by atoms with Crippen LogP contribution < -0.4 is 10.6 Å². The molecule has 1 rings (SSSR count). The van der Waals surface area contributed by atoms with Gasteiger partial charge in [-0.25, -0.2) is 0 Å². The quantitative estimate of drug-likeness (QED) is 0.612. The van der Waals surface area contributed by atoms with Crippen LogP contribution in [0, 0.1) is 0 Å². The minimum atomic E-state index is 0.543. The van der Waals surface area contributed by atoms with E-state index in [0.717, 1.165) is 6.54 Å². The molecule has 1 aliphatic rings. The van der Waals surface area contributed by atoms with Gasteiger partial charge in [-0.15, -0.1) is 0 Å². The average Bonchev–Trinajstić information content (AvgIpc) is 2.21. The fourth-order valence-electron chi connectivity index (χ4n) is 3.01. The lowest BCUT2D eigenvalue weighted by molar-refractivity contribution is -0.958. The second-order valence-electron chi connectivity index (χ2n) is 4.40. The van der Waals surface area contributed by atoms with Crippen molar-refractivity contribution in [3.8, 4) is 0 Å². The minimum absolute atomic E-state index is 0.543. The molecule has 1 aliphatic carbocycles. The molecule has 0 saturated heterocycles. The summed E-state index contributed by atoms with van der Waals surface area (Å²) in [5, 5.41) is 0. The normalized spacial score (nSPS) is 22.2. The van der Waals surface area contributed by atoms with Crippen molar-refractivity contribution in [2.24, 2.45) is 0 Å². The Labute approximate surface area is 82.5 Å². The predicted octanol–water partition coefficient (Wildman–Crippen LogP) is -0.144. The van der Waals surface area contributed by atoms with Crippen molar-refractivity contribution in [1.29, 1.82) is 0 Å². The van der Waals surface area contributed by atoms with Crippen LogP contribution in [0.3, 0.4) is 0 Å². The molecule has 1 saturated carbocycles. The number of quaternary nitrogens is 2. The van der Waals surface area contributed by atoms with Crippen LogP contribution in [0.15, 0.2) is 0 Å². The van der Waals surface area contributed by atoms with Gasteiger partial charge in [0.2, 0.25) is 0 Å². The van der Waals surface area contributed by atoms with E-state index in [1.165, 1.54) is 45.2 Å². The molecule has 0 aromatic heterocycles. The van der Waals surface area contributed by atoms with Crippen molar-refractivity contribution in [2.75, 3.05) is 19.6 Å². The Kier molecular flexibility index (Phi) is 4.20. The Morgan fingerprint density at radius 1 is 1.08 bits per heavy atom. The van der Waals surface area contributed by atoms with Gasteiger partial charge in [0.1, 0.15) is 12.1 Å². The maximum absolute atomic E-state index is 4.18. The number of nitrogens with one attached hydrogen (secondary N) is 1. The molecule has 0 aliphatic heterocycles. The van der Waals surface area contributed by atoms with E-state index in [-0.39, 0.29) is 0 Å². The highest BCUT2D eigenvalue weighted by Crippen LogP contribution is 2.24. The van der Waals surface area contributed by atoms with Crippen molar-refractivity contribution < 1.29 is 10.6 Å². The molecule has 0 radical (unpaired) electrons. The van der Waals surface area contributed by atoms with E-state index in [1.54, 1.807) is 4.90 Å². The number of likely N-dealkylation sites (N-methyl/N-ethyl adjacent to an activating group) is 1. The van der Waals surface area contributed by atoms with Crippen LogP contribution in [0.1, 0.15) is 46.0 Å². The Morgan fingerprint density at radius 3 is 2.00 bits per heavy atom. The van der Waals surface area contributed by atoms with Crippen LogP contribution >= 0.6 is 0 Å². The van der Waals surface area contributed by atoms with Gasteiger partial charge < -0.3 is 10.6 Å². The molecule has 0 unspecified atom stereocenters. The van der Waals surface area contributed by atoms with Crippen molar-refractivity contribution in [3.63, 3.8) is 0 Å². The molecule has 0 bridgehead atoms. The van der Waals surface area contributed by atoms with Crippen molar-refractivity contribution in [3.05, 3.63) is 0 Å². The lowest BCUT2D eigenvalue weighted by atomic mass is 9.80. The van der Waals surface area contributed by atoms with Crippen LogP contribution in [0.5, 0.6) is 0 Å². The fourth-order valence-corrected chi connectivity index (χ4v) is 3.01. The van der Waals surface area contributed by atoms with E-state index in [1.807, 2.05) is 0 Å². The molecule has 2 nitrogen and oxygen atoms in total. The Bertz CT molecular complexity index is 135. The lowest BCUT2D eigenvalue weighted by Crippen LogP contribution is -3.21. The topological polar surface area (TPSA) is 32.1 Å². The maximum Gasteiger partial charge on any atom is 0.147 e. The average molecular weight is 186 g/mol. The highest BCUT2D eigenvalue weighted by atomic mass is 15.2. The summed E-state index contributed by atoms with van der Waals surface area (Å²) in [6.45, 7) is 8.29. The number of rotatable bonds is 4.